The standard InChI is InChI=1S/C16H24O/c1-13-6-4-7-14(10-13)11-16(17)9-5-8-15(2,3)12-16/h4,6-7,10,17H,5,8-9,11-12H2,1-3H3. The SMILES string of the molecule is Cc1cccc(CC2(O)CCCC(C)(C)C2)c1. The van der Waals surface area contributed by atoms with Crippen LogP contribution in [0.1, 0.15) is 50.7 Å². The summed E-state index contributed by atoms with van der Waals surface area (Å²) in [7, 11) is 0. The lowest BCUT2D eigenvalue weighted by Crippen LogP contribution is -2.40. The van der Waals surface area contributed by atoms with E-state index < -0.39 is 5.60 Å². The summed E-state index contributed by atoms with van der Waals surface area (Å²) in [5.41, 5.74) is 2.35. The minimum absolute atomic E-state index is 0.289. The van der Waals surface area contributed by atoms with Gasteiger partial charge in [0, 0.05) is 6.42 Å². The lowest BCUT2D eigenvalue weighted by atomic mass is 9.68. The molecule has 94 valence electrons. The summed E-state index contributed by atoms with van der Waals surface area (Å²) in [5, 5.41) is 10.8. The highest BCUT2D eigenvalue weighted by Gasteiger charge is 2.38. The van der Waals surface area contributed by atoms with Crippen molar-refractivity contribution in [3.05, 3.63) is 35.4 Å². The molecule has 1 nitrogen and oxygen atoms in total. The summed E-state index contributed by atoms with van der Waals surface area (Å²) in [6.45, 7) is 6.65. The Balaban J connectivity index is 2.12. The molecule has 1 atom stereocenters. The van der Waals surface area contributed by atoms with Gasteiger partial charge >= 0.3 is 0 Å². The van der Waals surface area contributed by atoms with Crippen LogP contribution in [0.5, 0.6) is 0 Å². The van der Waals surface area contributed by atoms with Crippen LogP contribution < -0.4 is 0 Å². The maximum absolute atomic E-state index is 10.8. The van der Waals surface area contributed by atoms with Crippen LogP contribution in [0.25, 0.3) is 0 Å². The molecule has 2 rings (SSSR count). The van der Waals surface area contributed by atoms with Gasteiger partial charge in [0.1, 0.15) is 0 Å². The molecule has 1 unspecified atom stereocenters. The van der Waals surface area contributed by atoms with Gasteiger partial charge in [-0.2, -0.15) is 0 Å². The Kier molecular flexibility index (Phi) is 3.31. The molecule has 1 aliphatic carbocycles. The minimum Gasteiger partial charge on any atom is -0.390 e. The molecule has 1 saturated carbocycles. The largest absolute Gasteiger partial charge is 0.390 e. The highest BCUT2D eigenvalue weighted by Crippen LogP contribution is 2.42. The van der Waals surface area contributed by atoms with Crippen molar-refractivity contribution in [1.82, 2.24) is 0 Å². The van der Waals surface area contributed by atoms with Crippen molar-refractivity contribution in [3.63, 3.8) is 0 Å². The predicted molar refractivity (Wildman–Crippen MR) is 72.1 cm³/mol. The molecule has 0 aromatic heterocycles. The molecule has 1 N–H and O–H groups in total. The maximum Gasteiger partial charge on any atom is 0.0693 e. The smallest absolute Gasteiger partial charge is 0.0693 e. The molecule has 1 aromatic rings. The van der Waals surface area contributed by atoms with Crippen LogP contribution in [0.15, 0.2) is 24.3 Å². The molecule has 0 radical (unpaired) electrons. The molecule has 0 amide bonds. The number of benzene rings is 1. The molecular weight excluding hydrogens is 208 g/mol. The third-order valence-electron chi connectivity index (χ3n) is 3.92. The van der Waals surface area contributed by atoms with E-state index >= 15 is 0 Å². The highest BCUT2D eigenvalue weighted by molar-refractivity contribution is 5.24. The van der Waals surface area contributed by atoms with Gasteiger partial charge in [0.2, 0.25) is 0 Å². The van der Waals surface area contributed by atoms with Gasteiger partial charge in [-0.05, 0) is 37.2 Å². The van der Waals surface area contributed by atoms with Crippen molar-refractivity contribution < 1.29 is 5.11 Å². The van der Waals surface area contributed by atoms with Gasteiger partial charge in [0.15, 0.2) is 0 Å². The van der Waals surface area contributed by atoms with Crippen molar-refractivity contribution in [1.29, 1.82) is 0 Å². The quantitative estimate of drug-likeness (QED) is 0.820. The van der Waals surface area contributed by atoms with Crippen molar-refractivity contribution in [2.24, 2.45) is 5.41 Å². The molecule has 0 bridgehead atoms. The van der Waals surface area contributed by atoms with Crippen LogP contribution in [0.2, 0.25) is 0 Å². The monoisotopic (exact) mass is 232 g/mol. The number of hydrogen-bond acceptors (Lipinski definition) is 1. The van der Waals surface area contributed by atoms with Gasteiger partial charge in [-0.1, -0.05) is 50.1 Å². The fourth-order valence-electron chi connectivity index (χ4n) is 3.32. The first-order chi connectivity index (χ1) is 7.89. The fourth-order valence-corrected chi connectivity index (χ4v) is 3.32. The van der Waals surface area contributed by atoms with Crippen LogP contribution in [-0.4, -0.2) is 10.7 Å². The third kappa shape index (κ3) is 3.32. The van der Waals surface area contributed by atoms with Gasteiger partial charge in [-0.3, -0.25) is 0 Å². The molecule has 0 heterocycles. The molecule has 1 aromatic carbocycles. The first-order valence-corrected chi connectivity index (χ1v) is 6.67. The van der Waals surface area contributed by atoms with Crippen LogP contribution >= 0.6 is 0 Å². The summed E-state index contributed by atoms with van der Waals surface area (Å²) in [6, 6.07) is 8.52. The topological polar surface area (TPSA) is 20.2 Å². The van der Waals surface area contributed by atoms with E-state index in [1.807, 2.05) is 0 Å². The van der Waals surface area contributed by atoms with E-state index in [1.54, 1.807) is 0 Å². The normalized spacial score (nSPS) is 28.0. The van der Waals surface area contributed by atoms with Crippen LogP contribution in [0, 0.1) is 12.3 Å². The van der Waals surface area contributed by atoms with E-state index in [2.05, 4.69) is 45.0 Å². The first kappa shape index (κ1) is 12.6. The van der Waals surface area contributed by atoms with Crippen LogP contribution in [0.3, 0.4) is 0 Å². The Hall–Kier alpha value is -0.820. The number of aliphatic hydroxyl groups is 1. The Labute approximate surface area is 105 Å². The third-order valence-corrected chi connectivity index (χ3v) is 3.92. The minimum atomic E-state index is -0.491. The van der Waals surface area contributed by atoms with Crippen molar-refractivity contribution >= 4 is 0 Å². The van der Waals surface area contributed by atoms with Crippen molar-refractivity contribution in [2.75, 3.05) is 0 Å². The predicted octanol–water partition coefficient (Wildman–Crippen LogP) is 3.87. The van der Waals surface area contributed by atoms with E-state index in [-0.39, 0.29) is 5.41 Å². The van der Waals surface area contributed by atoms with Gasteiger partial charge < -0.3 is 5.11 Å². The summed E-state index contributed by atoms with van der Waals surface area (Å²) < 4.78 is 0. The molecule has 1 heteroatoms. The van der Waals surface area contributed by atoms with Gasteiger partial charge in [-0.15, -0.1) is 0 Å². The molecule has 1 fully saturated rings. The lowest BCUT2D eigenvalue weighted by Gasteiger charge is -2.41. The Morgan fingerprint density at radius 3 is 2.65 bits per heavy atom. The van der Waals surface area contributed by atoms with E-state index in [1.165, 1.54) is 17.5 Å². The molecule has 1 aliphatic rings. The summed E-state index contributed by atoms with van der Waals surface area (Å²) in [5.74, 6) is 0. The molecule has 0 aliphatic heterocycles. The average molecular weight is 232 g/mol. The summed E-state index contributed by atoms with van der Waals surface area (Å²) in [6.07, 6.45) is 5.06. The van der Waals surface area contributed by atoms with E-state index in [4.69, 9.17) is 0 Å². The van der Waals surface area contributed by atoms with Crippen molar-refractivity contribution in [2.45, 2.75) is 58.5 Å². The Morgan fingerprint density at radius 2 is 2.00 bits per heavy atom. The molecule has 0 saturated heterocycles. The number of aryl methyl sites for hydroxylation is 1. The zero-order valence-corrected chi connectivity index (χ0v) is 11.3. The number of hydrogen-bond donors (Lipinski definition) is 1. The second-order valence-electron chi connectivity index (χ2n) is 6.58. The number of rotatable bonds is 2. The maximum atomic E-state index is 10.8. The van der Waals surface area contributed by atoms with Crippen molar-refractivity contribution in [3.8, 4) is 0 Å². The van der Waals surface area contributed by atoms with E-state index in [0.717, 1.165) is 25.7 Å². The van der Waals surface area contributed by atoms with Gasteiger partial charge in [-0.25, -0.2) is 0 Å². The van der Waals surface area contributed by atoms with Gasteiger partial charge in [0.25, 0.3) is 0 Å². The lowest BCUT2D eigenvalue weighted by molar-refractivity contribution is -0.0382. The fraction of sp³-hybridized carbons (Fsp3) is 0.625. The second-order valence-corrected chi connectivity index (χ2v) is 6.58. The van der Waals surface area contributed by atoms with E-state index in [0.29, 0.717) is 0 Å². The second kappa shape index (κ2) is 4.45. The average Bonchev–Trinajstić information content (AvgIpc) is 2.14. The Bertz CT molecular complexity index is 394. The highest BCUT2D eigenvalue weighted by atomic mass is 16.3. The van der Waals surface area contributed by atoms with E-state index in [9.17, 15) is 5.11 Å². The molecule has 0 spiro atoms. The van der Waals surface area contributed by atoms with Gasteiger partial charge in [0.05, 0.1) is 5.60 Å². The zero-order chi connectivity index (χ0) is 12.5. The molecular formula is C16H24O. The summed E-state index contributed by atoms with van der Waals surface area (Å²) >= 11 is 0. The molecule has 17 heavy (non-hydrogen) atoms. The summed E-state index contributed by atoms with van der Waals surface area (Å²) in [4.78, 5) is 0. The zero-order valence-electron chi connectivity index (χ0n) is 11.3. The van der Waals surface area contributed by atoms with Crippen LogP contribution in [0.4, 0.5) is 0 Å². The van der Waals surface area contributed by atoms with Crippen LogP contribution in [-0.2, 0) is 6.42 Å². The first-order valence-electron chi connectivity index (χ1n) is 6.67. The Morgan fingerprint density at radius 1 is 1.24 bits per heavy atom.